The highest BCUT2D eigenvalue weighted by molar-refractivity contribution is 6.08. The van der Waals surface area contributed by atoms with Crippen LogP contribution in [0.25, 0.3) is 11.4 Å². The summed E-state index contributed by atoms with van der Waals surface area (Å²) in [5.41, 5.74) is 1.000. The van der Waals surface area contributed by atoms with Crippen LogP contribution in [0.4, 0.5) is 4.79 Å². The molecule has 1 aromatic carbocycles. The molecule has 1 aliphatic carbocycles. The zero-order valence-electron chi connectivity index (χ0n) is 17.0. The Labute approximate surface area is 173 Å². The van der Waals surface area contributed by atoms with Gasteiger partial charge in [-0.15, -0.1) is 0 Å². The number of benzene rings is 1. The van der Waals surface area contributed by atoms with Gasteiger partial charge < -0.3 is 14.6 Å². The van der Waals surface area contributed by atoms with Gasteiger partial charge in [0, 0.05) is 5.56 Å². The number of aromatic nitrogens is 2. The van der Waals surface area contributed by atoms with E-state index in [1.165, 1.54) is 0 Å². The lowest BCUT2D eigenvalue weighted by Crippen LogP contribution is -2.54. The zero-order valence-corrected chi connectivity index (χ0v) is 17.0. The Balaban J connectivity index is 1.35. The predicted molar refractivity (Wildman–Crippen MR) is 105 cm³/mol. The Morgan fingerprint density at radius 3 is 2.80 bits per heavy atom. The lowest BCUT2D eigenvalue weighted by atomic mass is 9.73. The van der Waals surface area contributed by atoms with Gasteiger partial charge in [0.05, 0.1) is 0 Å². The number of hydrogen-bond acceptors (Lipinski definition) is 7. The van der Waals surface area contributed by atoms with Crippen molar-refractivity contribution in [3.8, 4) is 11.4 Å². The molecule has 1 spiro atoms. The second kappa shape index (κ2) is 7.89. The monoisotopic (exact) mass is 412 g/mol. The van der Waals surface area contributed by atoms with Crippen molar-refractivity contribution in [2.45, 2.75) is 51.7 Å². The normalized spacial score (nSPS) is 23.7. The van der Waals surface area contributed by atoms with Crippen molar-refractivity contribution >= 4 is 17.9 Å². The van der Waals surface area contributed by atoms with E-state index in [4.69, 9.17) is 9.26 Å². The van der Waals surface area contributed by atoms with Gasteiger partial charge in [-0.3, -0.25) is 14.5 Å². The van der Waals surface area contributed by atoms with Crippen LogP contribution in [-0.4, -0.2) is 45.0 Å². The molecule has 4 rings (SSSR count). The van der Waals surface area contributed by atoms with Crippen LogP contribution in [0.1, 0.15) is 44.1 Å². The van der Waals surface area contributed by atoms with E-state index in [1.54, 1.807) is 0 Å². The number of aryl methyl sites for hydroxylation is 1. The van der Waals surface area contributed by atoms with Crippen LogP contribution in [0.5, 0.6) is 0 Å². The van der Waals surface area contributed by atoms with E-state index in [1.807, 2.05) is 38.1 Å². The van der Waals surface area contributed by atoms with Crippen LogP contribution in [0.3, 0.4) is 0 Å². The lowest BCUT2D eigenvalue weighted by Gasteiger charge is -2.36. The Morgan fingerprint density at radius 2 is 2.07 bits per heavy atom. The molecule has 2 unspecified atom stereocenters. The summed E-state index contributed by atoms with van der Waals surface area (Å²) in [4.78, 5) is 42.6. The molecule has 1 saturated carbocycles. The van der Waals surface area contributed by atoms with Crippen molar-refractivity contribution in [2.75, 3.05) is 6.54 Å². The molecule has 1 aliphatic heterocycles. The van der Waals surface area contributed by atoms with Crippen LogP contribution < -0.4 is 5.32 Å². The number of nitrogens with one attached hydrogen (secondary N) is 1. The lowest BCUT2D eigenvalue weighted by molar-refractivity contribution is -0.150. The molecule has 2 aromatic rings. The largest absolute Gasteiger partial charge is 0.454 e. The number of ether oxygens (including phenoxy) is 1. The van der Waals surface area contributed by atoms with Gasteiger partial charge in [-0.05, 0) is 25.7 Å². The Kier molecular flexibility index (Phi) is 5.27. The fraction of sp³-hybridized carbons (Fsp3) is 0.476. The number of imide groups is 1. The second-order valence-corrected chi connectivity index (χ2v) is 7.98. The minimum atomic E-state index is -0.898. The van der Waals surface area contributed by atoms with Gasteiger partial charge in [0.15, 0.2) is 6.61 Å². The van der Waals surface area contributed by atoms with E-state index < -0.39 is 24.1 Å². The second-order valence-electron chi connectivity index (χ2n) is 7.98. The highest BCUT2D eigenvalue weighted by atomic mass is 16.6. The highest BCUT2D eigenvalue weighted by Crippen LogP contribution is 2.38. The van der Waals surface area contributed by atoms with E-state index in [9.17, 15) is 14.4 Å². The third kappa shape index (κ3) is 3.67. The number of nitrogens with zero attached hydrogens (tertiary/aromatic N) is 3. The van der Waals surface area contributed by atoms with Crippen LogP contribution in [-0.2, 0) is 20.9 Å². The first-order valence-corrected chi connectivity index (χ1v) is 10.1. The van der Waals surface area contributed by atoms with E-state index in [2.05, 4.69) is 15.5 Å². The van der Waals surface area contributed by atoms with Crippen molar-refractivity contribution in [1.29, 1.82) is 0 Å². The summed E-state index contributed by atoms with van der Waals surface area (Å²) in [5, 5.41) is 6.69. The first kappa shape index (κ1) is 20.1. The van der Waals surface area contributed by atoms with E-state index >= 15 is 0 Å². The van der Waals surface area contributed by atoms with Crippen molar-refractivity contribution in [1.82, 2.24) is 20.4 Å². The van der Waals surface area contributed by atoms with Crippen LogP contribution in [0.2, 0.25) is 0 Å². The summed E-state index contributed by atoms with van der Waals surface area (Å²) in [7, 11) is 0. The average molecular weight is 412 g/mol. The highest BCUT2D eigenvalue weighted by Gasteiger charge is 2.55. The molecule has 9 nitrogen and oxygen atoms in total. The third-order valence-corrected chi connectivity index (χ3v) is 5.92. The number of esters is 1. The van der Waals surface area contributed by atoms with Crippen molar-refractivity contribution in [3.05, 3.63) is 35.7 Å². The SMILES string of the molecule is Cc1ccc(-c2noc(COC(=O)CN3C(=O)NC4(CCCCC4C)C3=O)n2)cc1. The van der Waals surface area contributed by atoms with Crippen LogP contribution >= 0.6 is 0 Å². The number of hydrogen-bond donors (Lipinski definition) is 1. The topological polar surface area (TPSA) is 115 Å². The molecule has 0 radical (unpaired) electrons. The van der Waals surface area contributed by atoms with E-state index in [0.29, 0.717) is 12.2 Å². The number of carbonyl (C=O) groups is 3. The summed E-state index contributed by atoms with van der Waals surface area (Å²) in [6.07, 6.45) is 3.36. The Hall–Kier alpha value is -3.23. The molecule has 3 amide bonds. The molecule has 2 atom stereocenters. The van der Waals surface area contributed by atoms with Gasteiger partial charge in [-0.1, -0.05) is 54.8 Å². The first-order valence-electron chi connectivity index (χ1n) is 10.1. The van der Waals surface area contributed by atoms with Gasteiger partial charge >= 0.3 is 12.0 Å². The molecule has 2 fully saturated rings. The standard InChI is InChI=1S/C21H24N4O5/c1-13-6-8-15(9-7-13)18-22-16(30-24-18)12-29-17(26)11-25-19(27)21(23-20(25)28)10-4-3-5-14(21)2/h6-9,14H,3-5,10-12H2,1-2H3,(H,23,28). The predicted octanol–water partition coefficient (Wildman–Crippen LogP) is 2.59. The summed E-state index contributed by atoms with van der Waals surface area (Å²) < 4.78 is 10.3. The Bertz CT molecular complexity index is 970. The molecule has 2 heterocycles. The van der Waals surface area contributed by atoms with Gasteiger partial charge in [0.1, 0.15) is 12.1 Å². The molecular weight excluding hydrogens is 388 g/mol. The number of amides is 3. The van der Waals surface area contributed by atoms with Gasteiger partial charge in [0.25, 0.3) is 11.8 Å². The summed E-state index contributed by atoms with van der Waals surface area (Å²) >= 11 is 0. The fourth-order valence-corrected chi connectivity index (χ4v) is 4.09. The summed E-state index contributed by atoms with van der Waals surface area (Å²) in [6.45, 7) is 3.26. The molecule has 2 aliphatic rings. The maximum absolute atomic E-state index is 12.9. The summed E-state index contributed by atoms with van der Waals surface area (Å²) in [6, 6.07) is 7.06. The maximum atomic E-state index is 12.9. The average Bonchev–Trinajstić information content (AvgIpc) is 3.29. The van der Waals surface area contributed by atoms with Crippen LogP contribution in [0, 0.1) is 12.8 Å². The summed E-state index contributed by atoms with van der Waals surface area (Å²) in [5.74, 6) is -0.510. The quantitative estimate of drug-likeness (QED) is 0.593. The van der Waals surface area contributed by atoms with E-state index in [-0.39, 0.29) is 24.3 Å². The first-order chi connectivity index (χ1) is 14.4. The minimum absolute atomic E-state index is 0.0299. The van der Waals surface area contributed by atoms with E-state index in [0.717, 1.165) is 35.3 Å². The molecule has 1 N–H and O–H groups in total. The van der Waals surface area contributed by atoms with Gasteiger partial charge in [-0.2, -0.15) is 4.98 Å². The fourth-order valence-electron chi connectivity index (χ4n) is 4.09. The van der Waals surface area contributed by atoms with Gasteiger partial charge in [0.2, 0.25) is 5.82 Å². The smallest absolute Gasteiger partial charge is 0.326 e. The number of carbonyl (C=O) groups excluding carboxylic acids is 3. The van der Waals surface area contributed by atoms with Crippen molar-refractivity contribution in [3.63, 3.8) is 0 Å². The third-order valence-electron chi connectivity index (χ3n) is 5.92. The number of urea groups is 1. The van der Waals surface area contributed by atoms with Crippen molar-refractivity contribution < 1.29 is 23.6 Å². The van der Waals surface area contributed by atoms with Gasteiger partial charge in [-0.25, -0.2) is 4.79 Å². The minimum Gasteiger partial charge on any atom is -0.454 e. The molecule has 0 bridgehead atoms. The molecule has 158 valence electrons. The zero-order chi connectivity index (χ0) is 21.3. The van der Waals surface area contributed by atoms with Crippen molar-refractivity contribution in [2.24, 2.45) is 5.92 Å². The molecule has 1 saturated heterocycles. The Morgan fingerprint density at radius 1 is 1.30 bits per heavy atom. The molecular formula is C21H24N4O5. The number of rotatable bonds is 5. The molecule has 9 heteroatoms. The maximum Gasteiger partial charge on any atom is 0.326 e. The van der Waals surface area contributed by atoms with Crippen LogP contribution in [0.15, 0.2) is 28.8 Å². The molecule has 1 aromatic heterocycles. The molecule has 30 heavy (non-hydrogen) atoms.